The van der Waals surface area contributed by atoms with E-state index in [0.29, 0.717) is 36.6 Å². The van der Waals surface area contributed by atoms with E-state index in [4.69, 9.17) is 0 Å². The predicted molar refractivity (Wildman–Crippen MR) is 102 cm³/mol. The minimum absolute atomic E-state index is 0.0173. The fourth-order valence-corrected chi connectivity index (χ4v) is 3.75. The molecule has 0 aromatic heterocycles. The lowest BCUT2D eigenvalue weighted by Crippen LogP contribution is -2.49. The first-order chi connectivity index (χ1) is 12.9. The number of carbonyl (C=O) groups excluding carboxylic acids is 2. The summed E-state index contributed by atoms with van der Waals surface area (Å²) in [5.41, 5.74) is 1.71. The fourth-order valence-electron chi connectivity index (χ4n) is 2.92. The van der Waals surface area contributed by atoms with Crippen molar-refractivity contribution < 1.29 is 18.4 Å². The molecule has 0 atom stereocenters. The van der Waals surface area contributed by atoms with Crippen molar-refractivity contribution in [3.63, 3.8) is 0 Å². The van der Waals surface area contributed by atoms with Gasteiger partial charge in [-0.25, -0.2) is 8.78 Å². The summed E-state index contributed by atoms with van der Waals surface area (Å²) in [7, 11) is 0. The highest BCUT2D eigenvalue weighted by molar-refractivity contribution is 8.00. The van der Waals surface area contributed by atoms with Crippen molar-refractivity contribution in [1.29, 1.82) is 0 Å². The third kappa shape index (κ3) is 4.86. The summed E-state index contributed by atoms with van der Waals surface area (Å²) in [5, 5.41) is 0. The second-order valence-electron chi connectivity index (χ2n) is 6.34. The number of ketones is 1. The van der Waals surface area contributed by atoms with Crippen molar-refractivity contribution in [2.75, 3.05) is 36.8 Å². The van der Waals surface area contributed by atoms with Crippen LogP contribution in [0.5, 0.6) is 0 Å². The van der Waals surface area contributed by atoms with Crippen molar-refractivity contribution in [2.24, 2.45) is 0 Å². The first-order valence-electron chi connectivity index (χ1n) is 8.65. The molecule has 0 saturated carbocycles. The van der Waals surface area contributed by atoms with Crippen LogP contribution < -0.4 is 4.90 Å². The minimum Gasteiger partial charge on any atom is -0.368 e. The third-order valence-corrected chi connectivity index (χ3v) is 5.50. The summed E-state index contributed by atoms with van der Waals surface area (Å²) in [6, 6.07) is 11.1. The van der Waals surface area contributed by atoms with Crippen LogP contribution in [0.1, 0.15) is 17.3 Å². The van der Waals surface area contributed by atoms with Crippen LogP contribution in [-0.4, -0.2) is 48.5 Å². The molecule has 0 N–H and O–H groups in total. The van der Waals surface area contributed by atoms with Gasteiger partial charge in [0.1, 0.15) is 0 Å². The Morgan fingerprint density at radius 3 is 2.22 bits per heavy atom. The van der Waals surface area contributed by atoms with Gasteiger partial charge in [-0.15, -0.1) is 11.8 Å². The topological polar surface area (TPSA) is 40.6 Å². The third-order valence-electron chi connectivity index (χ3n) is 4.52. The van der Waals surface area contributed by atoms with Gasteiger partial charge in [0.05, 0.1) is 5.75 Å². The van der Waals surface area contributed by atoms with Crippen molar-refractivity contribution in [2.45, 2.75) is 11.8 Å². The van der Waals surface area contributed by atoms with E-state index in [1.54, 1.807) is 4.90 Å². The van der Waals surface area contributed by atoms with Crippen LogP contribution in [0.4, 0.5) is 14.5 Å². The molecule has 2 aromatic rings. The number of nitrogens with zero attached hydrogens (tertiary/aromatic N) is 2. The molecule has 1 heterocycles. The summed E-state index contributed by atoms with van der Waals surface area (Å²) >= 11 is 1.20. The van der Waals surface area contributed by atoms with Gasteiger partial charge >= 0.3 is 0 Å². The molecular weight excluding hydrogens is 370 g/mol. The van der Waals surface area contributed by atoms with E-state index in [-0.39, 0.29) is 17.4 Å². The van der Waals surface area contributed by atoms with Crippen LogP contribution in [0.15, 0.2) is 47.4 Å². The van der Waals surface area contributed by atoms with Gasteiger partial charge < -0.3 is 9.80 Å². The Kier molecular flexibility index (Phi) is 6.11. The lowest BCUT2D eigenvalue weighted by Gasteiger charge is -2.36. The number of piperazine rings is 1. The average molecular weight is 390 g/mol. The lowest BCUT2D eigenvalue weighted by atomic mass is 10.1. The highest BCUT2D eigenvalue weighted by Crippen LogP contribution is 2.22. The molecule has 1 amide bonds. The van der Waals surface area contributed by atoms with E-state index >= 15 is 0 Å². The first-order valence-corrected chi connectivity index (χ1v) is 9.64. The normalized spacial score (nSPS) is 14.3. The Labute approximate surface area is 161 Å². The molecule has 142 valence electrons. The van der Waals surface area contributed by atoms with Gasteiger partial charge in [0, 0.05) is 42.3 Å². The number of carbonyl (C=O) groups is 2. The summed E-state index contributed by atoms with van der Waals surface area (Å²) in [6.45, 7) is 4.16. The van der Waals surface area contributed by atoms with E-state index in [1.807, 2.05) is 24.3 Å². The predicted octanol–water partition coefficient (Wildman–Crippen LogP) is 3.61. The number of hydrogen-bond acceptors (Lipinski definition) is 4. The van der Waals surface area contributed by atoms with E-state index in [0.717, 1.165) is 17.8 Å². The molecule has 0 spiro atoms. The van der Waals surface area contributed by atoms with Crippen molar-refractivity contribution in [3.05, 3.63) is 59.7 Å². The standard InChI is InChI=1S/C20H20F2N2O2S/c1-14(25)15-2-4-16(5-3-15)23-8-10-24(11-9-23)20(26)13-27-17-6-7-18(21)19(22)12-17/h2-7,12H,8-11,13H2,1H3. The maximum Gasteiger partial charge on any atom is 0.233 e. The highest BCUT2D eigenvalue weighted by Gasteiger charge is 2.21. The molecule has 7 heteroatoms. The molecular formula is C20H20F2N2O2S. The number of thioether (sulfide) groups is 1. The number of rotatable bonds is 5. The average Bonchev–Trinajstić information content (AvgIpc) is 2.69. The van der Waals surface area contributed by atoms with Gasteiger partial charge in [-0.05, 0) is 49.4 Å². The molecule has 0 unspecified atom stereocenters. The van der Waals surface area contributed by atoms with Crippen molar-refractivity contribution in [1.82, 2.24) is 4.90 Å². The molecule has 27 heavy (non-hydrogen) atoms. The van der Waals surface area contributed by atoms with Crippen LogP contribution >= 0.6 is 11.8 Å². The maximum atomic E-state index is 13.2. The van der Waals surface area contributed by atoms with Gasteiger partial charge in [0.15, 0.2) is 17.4 Å². The molecule has 0 aliphatic carbocycles. The molecule has 1 fully saturated rings. The molecule has 1 aliphatic rings. The fraction of sp³-hybridized carbons (Fsp3) is 0.300. The smallest absolute Gasteiger partial charge is 0.233 e. The van der Waals surface area contributed by atoms with E-state index in [1.165, 1.54) is 24.8 Å². The molecule has 2 aromatic carbocycles. The Morgan fingerprint density at radius 2 is 1.63 bits per heavy atom. The number of hydrogen-bond donors (Lipinski definition) is 0. The van der Waals surface area contributed by atoms with Crippen molar-refractivity contribution in [3.8, 4) is 0 Å². The zero-order valence-electron chi connectivity index (χ0n) is 15.0. The number of anilines is 1. The Bertz CT molecular complexity index is 834. The molecule has 1 aliphatic heterocycles. The highest BCUT2D eigenvalue weighted by atomic mass is 32.2. The molecule has 3 rings (SSSR count). The van der Waals surface area contributed by atoms with E-state index < -0.39 is 11.6 Å². The van der Waals surface area contributed by atoms with Crippen LogP contribution in [0.3, 0.4) is 0 Å². The zero-order valence-corrected chi connectivity index (χ0v) is 15.8. The Morgan fingerprint density at radius 1 is 0.963 bits per heavy atom. The number of halogens is 2. The van der Waals surface area contributed by atoms with Gasteiger partial charge in [-0.3, -0.25) is 9.59 Å². The number of Topliss-reactive ketones (excluding diaryl/α,β-unsaturated/α-hetero) is 1. The SMILES string of the molecule is CC(=O)c1ccc(N2CCN(C(=O)CSc3ccc(F)c(F)c3)CC2)cc1. The summed E-state index contributed by atoms with van der Waals surface area (Å²) in [6.07, 6.45) is 0. The molecule has 0 bridgehead atoms. The second-order valence-corrected chi connectivity index (χ2v) is 7.38. The minimum atomic E-state index is -0.906. The largest absolute Gasteiger partial charge is 0.368 e. The Hall–Kier alpha value is -2.41. The maximum absolute atomic E-state index is 13.2. The molecule has 4 nitrogen and oxygen atoms in total. The lowest BCUT2D eigenvalue weighted by molar-refractivity contribution is -0.128. The van der Waals surface area contributed by atoms with Gasteiger partial charge in [-0.1, -0.05) is 0 Å². The molecule has 1 saturated heterocycles. The molecule has 0 radical (unpaired) electrons. The van der Waals surface area contributed by atoms with Crippen LogP contribution in [0, 0.1) is 11.6 Å². The van der Waals surface area contributed by atoms with E-state index in [2.05, 4.69) is 4.90 Å². The van der Waals surface area contributed by atoms with Crippen LogP contribution in [0.2, 0.25) is 0 Å². The second kappa shape index (κ2) is 8.52. The summed E-state index contributed by atoms with van der Waals surface area (Å²) in [5.74, 6) is -1.58. The first kappa shape index (κ1) is 19.4. The van der Waals surface area contributed by atoms with Gasteiger partial charge in [0.2, 0.25) is 5.91 Å². The zero-order chi connectivity index (χ0) is 19.4. The number of benzene rings is 2. The number of amides is 1. The quantitative estimate of drug-likeness (QED) is 0.578. The summed E-state index contributed by atoms with van der Waals surface area (Å²) in [4.78, 5) is 28.2. The van der Waals surface area contributed by atoms with Gasteiger partial charge in [-0.2, -0.15) is 0 Å². The Balaban J connectivity index is 1.50. The van der Waals surface area contributed by atoms with Crippen LogP contribution in [-0.2, 0) is 4.79 Å². The summed E-state index contributed by atoms with van der Waals surface area (Å²) < 4.78 is 26.2. The van der Waals surface area contributed by atoms with Gasteiger partial charge in [0.25, 0.3) is 0 Å². The monoisotopic (exact) mass is 390 g/mol. The van der Waals surface area contributed by atoms with E-state index in [9.17, 15) is 18.4 Å². The van der Waals surface area contributed by atoms with Crippen molar-refractivity contribution >= 4 is 29.1 Å². The van der Waals surface area contributed by atoms with Crippen LogP contribution in [0.25, 0.3) is 0 Å².